The van der Waals surface area contributed by atoms with Crippen LogP contribution >= 0.6 is 0 Å². The van der Waals surface area contributed by atoms with Gasteiger partial charge in [-0.15, -0.1) is 6.58 Å². The molecule has 11 heteroatoms. The molecule has 2 amide bonds. The number of amides is 2. The van der Waals surface area contributed by atoms with Crippen LogP contribution in [-0.2, 0) is 16.4 Å². The van der Waals surface area contributed by atoms with Crippen molar-refractivity contribution in [3.8, 4) is 5.75 Å². The van der Waals surface area contributed by atoms with E-state index in [1.54, 1.807) is 24.1 Å². The minimum Gasteiger partial charge on any atom is -0.497 e. The maximum atomic E-state index is 13.4. The van der Waals surface area contributed by atoms with E-state index in [9.17, 15) is 22.4 Å². The van der Waals surface area contributed by atoms with Gasteiger partial charge in [-0.05, 0) is 73.2 Å². The van der Waals surface area contributed by atoms with Gasteiger partial charge in [0.15, 0.2) is 9.84 Å². The highest BCUT2D eigenvalue weighted by Gasteiger charge is 2.37. The Bertz CT molecular complexity index is 1580. The third-order valence-corrected chi connectivity index (χ3v) is 11.3. The molecule has 0 bridgehead atoms. The van der Waals surface area contributed by atoms with Crippen molar-refractivity contribution in [3.05, 3.63) is 108 Å². The van der Waals surface area contributed by atoms with Crippen molar-refractivity contribution < 1.29 is 27.1 Å². The largest absolute Gasteiger partial charge is 0.497 e. The molecule has 238 valence electrons. The standard InChI is InChI=1S/C34H39FN4O5S/c1-3-32(25-6-9-27(35)10-7-25)45(42,43)30-16-20-39(21-17-30)34(41)31-13-8-26(22-36-31)33(40)37-28-14-18-38(19-15-28)23-24-4-11-29(44-2)12-5-24/h3-13,22,28,30,32H,1,14-21,23H2,2H3,(H,37,40). The summed E-state index contributed by atoms with van der Waals surface area (Å²) in [6.07, 6.45) is 5.02. The summed E-state index contributed by atoms with van der Waals surface area (Å²) >= 11 is 0. The highest BCUT2D eigenvalue weighted by atomic mass is 32.2. The minimum atomic E-state index is -3.65. The number of ether oxygens (including phenoxy) is 1. The number of carbonyl (C=O) groups is 2. The van der Waals surface area contributed by atoms with E-state index in [0.29, 0.717) is 11.1 Å². The first kappa shape index (κ1) is 32.3. The van der Waals surface area contributed by atoms with Crippen LogP contribution in [0.5, 0.6) is 5.75 Å². The lowest BCUT2D eigenvalue weighted by Gasteiger charge is -2.33. The van der Waals surface area contributed by atoms with E-state index in [0.717, 1.165) is 38.2 Å². The topological polar surface area (TPSA) is 109 Å². The summed E-state index contributed by atoms with van der Waals surface area (Å²) < 4.78 is 45.3. The number of pyridine rings is 1. The Labute approximate surface area is 264 Å². The quantitative estimate of drug-likeness (QED) is 0.326. The van der Waals surface area contributed by atoms with Crippen LogP contribution in [0.4, 0.5) is 4.39 Å². The van der Waals surface area contributed by atoms with E-state index >= 15 is 0 Å². The molecule has 5 rings (SSSR count). The van der Waals surface area contributed by atoms with Gasteiger partial charge in [0.25, 0.3) is 11.8 Å². The fraction of sp³-hybridized carbons (Fsp3) is 0.382. The number of hydrogen-bond donors (Lipinski definition) is 1. The molecule has 3 aromatic rings. The zero-order chi connectivity index (χ0) is 32.0. The highest BCUT2D eigenvalue weighted by Crippen LogP contribution is 2.32. The number of nitrogens with zero attached hydrogens (tertiary/aromatic N) is 3. The summed E-state index contributed by atoms with van der Waals surface area (Å²) in [6.45, 7) is 6.82. The molecule has 2 aliphatic heterocycles. The monoisotopic (exact) mass is 634 g/mol. The average molecular weight is 635 g/mol. The van der Waals surface area contributed by atoms with Crippen LogP contribution in [0.1, 0.15) is 62.9 Å². The first-order valence-corrected chi connectivity index (χ1v) is 16.8. The Morgan fingerprint density at radius 1 is 1.00 bits per heavy atom. The molecule has 2 fully saturated rings. The molecule has 1 N–H and O–H groups in total. The number of likely N-dealkylation sites (tertiary alicyclic amines) is 2. The van der Waals surface area contributed by atoms with E-state index in [2.05, 4.69) is 33.9 Å². The second kappa shape index (κ2) is 14.3. The lowest BCUT2D eigenvalue weighted by molar-refractivity contribution is 0.0718. The SMILES string of the molecule is C=CC(c1ccc(F)cc1)S(=O)(=O)C1CCN(C(=O)c2ccc(C(=O)NC3CCN(Cc4ccc(OC)cc4)CC3)cn2)CC1. The number of nitrogens with one attached hydrogen (secondary N) is 1. The van der Waals surface area contributed by atoms with E-state index in [1.807, 2.05) is 12.1 Å². The van der Waals surface area contributed by atoms with Gasteiger partial charge in [-0.2, -0.15) is 0 Å². The first-order valence-electron chi connectivity index (χ1n) is 15.2. The summed E-state index contributed by atoms with van der Waals surface area (Å²) in [4.78, 5) is 34.3. The predicted octanol–water partition coefficient (Wildman–Crippen LogP) is 4.57. The van der Waals surface area contributed by atoms with Gasteiger partial charge in [-0.3, -0.25) is 19.5 Å². The van der Waals surface area contributed by atoms with Gasteiger partial charge >= 0.3 is 0 Å². The van der Waals surface area contributed by atoms with Crippen molar-refractivity contribution >= 4 is 21.7 Å². The molecule has 2 aliphatic rings. The Kier molecular flexibility index (Phi) is 10.3. The van der Waals surface area contributed by atoms with E-state index in [4.69, 9.17) is 4.74 Å². The number of piperidine rings is 2. The lowest BCUT2D eigenvalue weighted by atomic mass is 10.0. The number of methoxy groups -OCH3 is 1. The fourth-order valence-electron chi connectivity index (χ4n) is 6.02. The van der Waals surface area contributed by atoms with Crippen LogP contribution in [0.2, 0.25) is 0 Å². The zero-order valence-corrected chi connectivity index (χ0v) is 26.2. The van der Waals surface area contributed by atoms with Crippen molar-refractivity contribution in [1.82, 2.24) is 20.1 Å². The number of rotatable bonds is 10. The fourth-order valence-corrected chi connectivity index (χ4v) is 8.10. The highest BCUT2D eigenvalue weighted by molar-refractivity contribution is 7.92. The summed E-state index contributed by atoms with van der Waals surface area (Å²) in [5.41, 5.74) is 2.27. The van der Waals surface area contributed by atoms with Gasteiger partial charge in [0.05, 0.1) is 17.9 Å². The van der Waals surface area contributed by atoms with Gasteiger partial charge < -0.3 is 15.0 Å². The molecule has 0 radical (unpaired) electrons. The van der Waals surface area contributed by atoms with Crippen molar-refractivity contribution in [1.29, 1.82) is 0 Å². The number of sulfone groups is 1. The molecule has 9 nitrogen and oxygen atoms in total. The average Bonchev–Trinajstić information content (AvgIpc) is 3.07. The summed E-state index contributed by atoms with van der Waals surface area (Å²) in [5, 5.41) is 1.50. The van der Waals surface area contributed by atoms with Gasteiger partial charge in [-0.1, -0.05) is 30.3 Å². The van der Waals surface area contributed by atoms with E-state index < -0.39 is 26.2 Å². The molecular weight excluding hydrogens is 595 g/mol. The molecular formula is C34H39FN4O5S. The van der Waals surface area contributed by atoms with Crippen LogP contribution in [-0.4, -0.2) is 79.6 Å². The van der Waals surface area contributed by atoms with Crippen molar-refractivity contribution in [2.45, 2.75) is 48.8 Å². The maximum Gasteiger partial charge on any atom is 0.272 e. The smallest absolute Gasteiger partial charge is 0.272 e. The molecule has 1 atom stereocenters. The second-order valence-corrected chi connectivity index (χ2v) is 13.9. The molecule has 3 heterocycles. The van der Waals surface area contributed by atoms with Crippen LogP contribution < -0.4 is 10.1 Å². The zero-order valence-electron chi connectivity index (χ0n) is 25.4. The predicted molar refractivity (Wildman–Crippen MR) is 170 cm³/mol. The van der Waals surface area contributed by atoms with E-state index in [-0.39, 0.29) is 49.5 Å². The normalized spacial score (nSPS) is 17.4. The third kappa shape index (κ3) is 7.77. The third-order valence-electron chi connectivity index (χ3n) is 8.69. The van der Waals surface area contributed by atoms with Crippen LogP contribution in [0.25, 0.3) is 0 Å². The Morgan fingerprint density at radius 3 is 2.24 bits per heavy atom. The molecule has 0 spiro atoms. The second-order valence-electron chi connectivity index (χ2n) is 11.6. The maximum absolute atomic E-state index is 13.4. The molecule has 0 aliphatic carbocycles. The number of hydrogen-bond acceptors (Lipinski definition) is 7. The van der Waals surface area contributed by atoms with Crippen LogP contribution in [0.3, 0.4) is 0 Å². The van der Waals surface area contributed by atoms with Gasteiger partial charge in [0.2, 0.25) is 0 Å². The number of aromatic nitrogens is 1. The van der Waals surface area contributed by atoms with Crippen molar-refractivity contribution in [2.75, 3.05) is 33.3 Å². The number of carbonyl (C=O) groups excluding carboxylic acids is 2. The molecule has 2 aromatic carbocycles. The first-order chi connectivity index (χ1) is 21.7. The summed E-state index contributed by atoms with van der Waals surface area (Å²) in [6, 6.07) is 16.6. The van der Waals surface area contributed by atoms with Crippen LogP contribution in [0, 0.1) is 5.82 Å². The Balaban J connectivity index is 1.09. The van der Waals surface area contributed by atoms with Crippen LogP contribution in [0.15, 0.2) is 79.5 Å². The Morgan fingerprint density at radius 2 is 1.67 bits per heavy atom. The van der Waals surface area contributed by atoms with Gasteiger partial charge in [-0.25, -0.2) is 12.8 Å². The minimum absolute atomic E-state index is 0.0623. The molecule has 1 aromatic heterocycles. The van der Waals surface area contributed by atoms with Crippen molar-refractivity contribution in [2.24, 2.45) is 0 Å². The number of halogens is 1. The summed E-state index contributed by atoms with van der Waals surface area (Å²) in [7, 11) is -1.99. The van der Waals surface area contributed by atoms with E-state index in [1.165, 1.54) is 42.1 Å². The molecule has 2 saturated heterocycles. The summed E-state index contributed by atoms with van der Waals surface area (Å²) in [5.74, 6) is -0.131. The Hall–Kier alpha value is -4.09. The molecule has 1 unspecified atom stereocenters. The lowest BCUT2D eigenvalue weighted by Crippen LogP contribution is -2.44. The van der Waals surface area contributed by atoms with Gasteiger partial charge in [0.1, 0.15) is 22.5 Å². The molecule has 0 saturated carbocycles. The molecule has 45 heavy (non-hydrogen) atoms. The van der Waals surface area contributed by atoms with Crippen molar-refractivity contribution in [3.63, 3.8) is 0 Å². The van der Waals surface area contributed by atoms with Gasteiger partial charge in [0, 0.05) is 45.0 Å². The number of benzene rings is 2.